The molecular formula is C14H24N2O2. The van der Waals surface area contributed by atoms with Crippen LogP contribution in [0.25, 0.3) is 0 Å². The number of rotatable bonds is 5. The lowest BCUT2D eigenvalue weighted by Gasteiger charge is -2.41. The number of piperazine rings is 1. The molecule has 4 nitrogen and oxygen atoms in total. The van der Waals surface area contributed by atoms with Crippen LogP contribution in [0.15, 0.2) is 0 Å². The van der Waals surface area contributed by atoms with E-state index in [0.29, 0.717) is 5.92 Å². The maximum atomic E-state index is 12.5. The molecule has 3 atom stereocenters. The van der Waals surface area contributed by atoms with Gasteiger partial charge < -0.3 is 10.2 Å². The lowest BCUT2D eigenvalue weighted by atomic mass is 10.00. The first-order valence-electron chi connectivity index (χ1n) is 7.18. The average Bonchev–Trinajstić information content (AvgIpc) is 3.15. The highest BCUT2D eigenvalue weighted by molar-refractivity contribution is 5.97. The lowest BCUT2D eigenvalue weighted by Crippen LogP contribution is -2.65. The van der Waals surface area contributed by atoms with Crippen LogP contribution in [0.2, 0.25) is 0 Å². The van der Waals surface area contributed by atoms with E-state index in [-0.39, 0.29) is 29.9 Å². The van der Waals surface area contributed by atoms with Crippen LogP contribution >= 0.6 is 0 Å². The van der Waals surface area contributed by atoms with Crippen LogP contribution < -0.4 is 5.32 Å². The number of carbonyl (C=O) groups is 2. The molecule has 1 aliphatic heterocycles. The molecule has 2 aliphatic rings. The molecule has 2 rings (SSSR count). The smallest absolute Gasteiger partial charge is 0.246 e. The maximum Gasteiger partial charge on any atom is 0.246 e. The molecule has 1 saturated carbocycles. The van der Waals surface area contributed by atoms with Crippen molar-refractivity contribution >= 4 is 11.8 Å². The summed E-state index contributed by atoms with van der Waals surface area (Å²) in [5, 5.41) is 2.89. The van der Waals surface area contributed by atoms with Gasteiger partial charge in [0.25, 0.3) is 0 Å². The van der Waals surface area contributed by atoms with Gasteiger partial charge in [0, 0.05) is 6.04 Å². The van der Waals surface area contributed by atoms with Crippen molar-refractivity contribution in [3.63, 3.8) is 0 Å². The van der Waals surface area contributed by atoms with Gasteiger partial charge >= 0.3 is 0 Å². The third-order valence-electron chi connectivity index (χ3n) is 4.16. The molecule has 0 spiro atoms. The van der Waals surface area contributed by atoms with Gasteiger partial charge in [0.1, 0.15) is 12.1 Å². The molecule has 0 bridgehead atoms. The number of amides is 2. The van der Waals surface area contributed by atoms with E-state index in [4.69, 9.17) is 0 Å². The molecular weight excluding hydrogens is 228 g/mol. The van der Waals surface area contributed by atoms with Gasteiger partial charge in [0.2, 0.25) is 11.8 Å². The van der Waals surface area contributed by atoms with Crippen LogP contribution in [0.3, 0.4) is 0 Å². The predicted octanol–water partition coefficient (Wildman–Crippen LogP) is 1.69. The summed E-state index contributed by atoms with van der Waals surface area (Å²) in [6.45, 7) is 6.04. The summed E-state index contributed by atoms with van der Waals surface area (Å²) in [5.74, 6) is 0.526. The zero-order valence-corrected chi connectivity index (χ0v) is 11.6. The molecule has 1 saturated heterocycles. The minimum atomic E-state index is -0.320. The van der Waals surface area contributed by atoms with E-state index in [1.807, 2.05) is 11.8 Å². The molecule has 0 radical (unpaired) electrons. The highest BCUT2D eigenvalue weighted by Gasteiger charge is 2.46. The summed E-state index contributed by atoms with van der Waals surface area (Å²) in [6.07, 6.45) is 5.36. The van der Waals surface area contributed by atoms with Crippen molar-refractivity contribution in [2.45, 2.75) is 71.0 Å². The Kier molecular flexibility index (Phi) is 3.93. The van der Waals surface area contributed by atoms with Crippen LogP contribution in [0.5, 0.6) is 0 Å². The quantitative estimate of drug-likeness (QED) is 0.809. The van der Waals surface area contributed by atoms with Crippen LogP contribution in [0, 0.1) is 5.92 Å². The summed E-state index contributed by atoms with van der Waals surface area (Å²) in [6, 6.07) is -0.406. The molecule has 2 amide bonds. The Morgan fingerprint density at radius 3 is 2.61 bits per heavy atom. The van der Waals surface area contributed by atoms with E-state index in [2.05, 4.69) is 19.2 Å². The fourth-order valence-corrected chi connectivity index (χ4v) is 2.80. The van der Waals surface area contributed by atoms with Crippen molar-refractivity contribution in [1.82, 2.24) is 10.2 Å². The van der Waals surface area contributed by atoms with Crippen molar-refractivity contribution in [1.29, 1.82) is 0 Å². The fourth-order valence-electron chi connectivity index (χ4n) is 2.80. The van der Waals surface area contributed by atoms with E-state index in [1.165, 1.54) is 0 Å². The van der Waals surface area contributed by atoms with E-state index < -0.39 is 0 Å². The molecule has 18 heavy (non-hydrogen) atoms. The second kappa shape index (κ2) is 5.29. The van der Waals surface area contributed by atoms with Crippen LogP contribution in [0.4, 0.5) is 0 Å². The molecule has 1 heterocycles. The van der Waals surface area contributed by atoms with Crippen molar-refractivity contribution < 1.29 is 9.59 Å². The number of carbonyl (C=O) groups excluding carboxylic acids is 2. The monoisotopic (exact) mass is 252 g/mol. The molecule has 4 heteroatoms. The Morgan fingerprint density at radius 1 is 1.39 bits per heavy atom. The summed E-state index contributed by atoms with van der Waals surface area (Å²) in [5.41, 5.74) is 0. The first-order valence-corrected chi connectivity index (χ1v) is 7.18. The third kappa shape index (κ3) is 2.52. The van der Waals surface area contributed by atoms with E-state index in [1.54, 1.807) is 0 Å². The van der Waals surface area contributed by atoms with Gasteiger partial charge in [-0.15, -0.1) is 0 Å². The van der Waals surface area contributed by atoms with Crippen molar-refractivity contribution in [2.24, 2.45) is 5.92 Å². The minimum absolute atomic E-state index is 0.00912. The summed E-state index contributed by atoms with van der Waals surface area (Å²) in [7, 11) is 0. The molecule has 1 N–H and O–H groups in total. The summed E-state index contributed by atoms with van der Waals surface area (Å²) < 4.78 is 0. The lowest BCUT2D eigenvalue weighted by molar-refractivity contribution is -0.151. The van der Waals surface area contributed by atoms with E-state index in [9.17, 15) is 9.59 Å². The van der Waals surface area contributed by atoms with Crippen molar-refractivity contribution in [2.75, 3.05) is 0 Å². The largest absolute Gasteiger partial charge is 0.342 e. The first-order chi connectivity index (χ1) is 8.56. The zero-order valence-electron chi connectivity index (χ0n) is 11.6. The number of hydrogen-bond donors (Lipinski definition) is 1. The summed E-state index contributed by atoms with van der Waals surface area (Å²) >= 11 is 0. The SMILES string of the molecule is CCCCC(C)N1C(=O)C(C2CC2)NC(=O)C1C. The standard InChI is InChI=1S/C14H24N2O2/c1-4-5-6-9(2)16-10(3)13(17)15-12(14(16)18)11-7-8-11/h9-12H,4-8H2,1-3H3,(H,15,17). The van der Waals surface area contributed by atoms with Gasteiger partial charge in [-0.2, -0.15) is 0 Å². The second-order valence-electron chi connectivity index (χ2n) is 5.74. The molecule has 3 unspecified atom stereocenters. The Morgan fingerprint density at radius 2 is 2.06 bits per heavy atom. The van der Waals surface area contributed by atoms with Gasteiger partial charge in [0.15, 0.2) is 0 Å². The molecule has 102 valence electrons. The number of nitrogens with zero attached hydrogens (tertiary/aromatic N) is 1. The van der Waals surface area contributed by atoms with Gasteiger partial charge in [0.05, 0.1) is 0 Å². The Hall–Kier alpha value is -1.06. The van der Waals surface area contributed by atoms with Gasteiger partial charge in [-0.3, -0.25) is 9.59 Å². The normalized spacial score (nSPS) is 30.3. The Bertz CT molecular complexity index is 339. The number of nitrogens with one attached hydrogen (secondary N) is 1. The molecule has 0 aromatic carbocycles. The number of hydrogen-bond acceptors (Lipinski definition) is 2. The first kappa shape index (κ1) is 13.4. The minimum Gasteiger partial charge on any atom is -0.342 e. The van der Waals surface area contributed by atoms with Gasteiger partial charge in [-0.1, -0.05) is 19.8 Å². The van der Waals surface area contributed by atoms with Crippen LogP contribution in [-0.4, -0.2) is 34.8 Å². The molecule has 0 aromatic rings. The van der Waals surface area contributed by atoms with Gasteiger partial charge in [-0.05, 0) is 39.0 Å². The van der Waals surface area contributed by atoms with Gasteiger partial charge in [-0.25, -0.2) is 0 Å². The second-order valence-corrected chi connectivity index (χ2v) is 5.74. The highest BCUT2D eigenvalue weighted by Crippen LogP contribution is 2.35. The fraction of sp³-hybridized carbons (Fsp3) is 0.857. The Labute approximate surface area is 109 Å². The van der Waals surface area contributed by atoms with Crippen LogP contribution in [0.1, 0.15) is 52.9 Å². The van der Waals surface area contributed by atoms with Crippen LogP contribution in [-0.2, 0) is 9.59 Å². The molecule has 0 aromatic heterocycles. The Balaban J connectivity index is 2.08. The number of unbranched alkanes of at least 4 members (excludes halogenated alkanes) is 1. The van der Waals surface area contributed by atoms with Crippen molar-refractivity contribution in [3.8, 4) is 0 Å². The topological polar surface area (TPSA) is 49.4 Å². The predicted molar refractivity (Wildman–Crippen MR) is 69.9 cm³/mol. The average molecular weight is 252 g/mol. The van der Waals surface area contributed by atoms with E-state index >= 15 is 0 Å². The highest BCUT2D eigenvalue weighted by atomic mass is 16.2. The zero-order chi connectivity index (χ0) is 13.3. The third-order valence-corrected chi connectivity index (χ3v) is 4.16. The molecule has 1 aliphatic carbocycles. The van der Waals surface area contributed by atoms with E-state index in [0.717, 1.165) is 32.1 Å². The molecule has 2 fully saturated rings. The van der Waals surface area contributed by atoms with Crippen molar-refractivity contribution in [3.05, 3.63) is 0 Å². The maximum absolute atomic E-state index is 12.5. The summed E-state index contributed by atoms with van der Waals surface area (Å²) in [4.78, 5) is 26.3.